The summed E-state index contributed by atoms with van der Waals surface area (Å²) in [6, 6.07) is 0. The molecule has 4 aliphatic rings. The second-order valence-corrected chi connectivity index (χ2v) is 13.1. The van der Waals surface area contributed by atoms with Crippen molar-refractivity contribution >= 4 is 5.97 Å². The molecule has 4 heteroatoms. The molecule has 0 unspecified atom stereocenters. The lowest BCUT2D eigenvalue weighted by Gasteiger charge is -2.61. The zero-order valence-electron chi connectivity index (χ0n) is 22.2. The highest BCUT2D eigenvalue weighted by Gasteiger charge is 2.63. The van der Waals surface area contributed by atoms with Crippen molar-refractivity contribution in [2.45, 2.75) is 99.0 Å². The third-order valence-corrected chi connectivity index (χ3v) is 11.3. The molecule has 4 aliphatic carbocycles. The van der Waals surface area contributed by atoms with Gasteiger partial charge in [0.15, 0.2) is 0 Å². The number of allylic oxidation sites excluding steroid dienone is 5. The number of aliphatic hydroxyl groups excluding tert-OH is 2. The molecule has 0 amide bonds. The lowest BCUT2D eigenvalue weighted by atomic mass is 9.44. The predicted molar refractivity (Wildman–Crippen MR) is 136 cm³/mol. The van der Waals surface area contributed by atoms with Crippen LogP contribution >= 0.6 is 0 Å². The quantitative estimate of drug-likeness (QED) is 0.399. The van der Waals surface area contributed by atoms with Crippen LogP contribution < -0.4 is 0 Å². The first kappa shape index (κ1) is 25.7. The van der Waals surface area contributed by atoms with Crippen molar-refractivity contribution in [3.05, 3.63) is 34.9 Å². The Labute approximate surface area is 206 Å². The fraction of sp³-hybridized carbons (Fsp3) is 0.767. The van der Waals surface area contributed by atoms with Gasteiger partial charge in [0.1, 0.15) is 0 Å². The number of hydrogen-bond acceptors (Lipinski definition) is 3. The minimum atomic E-state index is -0.673. The van der Waals surface area contributed by atoms with Gasteiger partial charge in [-0.25, -0.2) is 0 Å². The molecule has 0 spiro atoms. The van der Waals surface area contributed by atoms with Crippen LogP contribution in [0.3, 0.4) is 0 Å². The van der Waals surface area contributed by atoms with Gasteiger partial charge in [0.25, 0.3) is 0 Å². The van der Waals surface area contributed by atoms with Crippen molar-refractivity contribution in [3.63, 3.8) is 0 Å². The summed E-state index contributed by atoms with van der Waals surface area (Å²) < 4.78 is 0. The van der Waals surface area contributed by atoms with Crippen LogP contribution in [-0.2, 0) is 4.79 Å². The molecule has 3 N–H and O–H groups in total. The van der Waals surface area contributed by atoms with Crippen LogP contribution in [0.25, 0.3) is 0 Å². The third kappa shape index (κ3) is 3.58. The first-order chi connectivity index (χ1) is 15.8. The van der Waals surface area contributed by atoms with E-state index in [9.17, 15) is 20.1 Å². The molecule has 4 nitrogen and oxygen atoms in total. The van der Waals surface area contributed by atoms with E-state index in [-0.39, 0.29) is 46.2 Å². The molecule has 0 saturated heterocycles. The molecule has 7 atom stereocenters. The summed E-state index contributed by atoms with van der Waals surface area (Å²) in [6.45, 7) is 13.6. The van der Waals surface area contributed by atoms with Crippen molar-refractivity contribution in [2.75, 3.05) is 6.61 Å². The van der Waals surface area contributed by atoms with E-state index in [2.05, 4.69) is 46.8 Å². The summed E-state index contributed by atoms with van der Waals surface area (Å²) in [5, 5.41) is 30.3. The maximum Gasteiger partial charge on any atom is 0.306 e. The van der Waals surface area contributed by atoms with E-state index >= 15 is 0 Å². The molecule has 190 valence electrons. The lowest BCUT2D eigenvalue weighted by molar-refractivity contribution is -0.146. The van der Waals surface area contributed by atoms with Gasteiger partial charge >= 0.3 is 5.97 Å². The van der Waals surface area contributed by atoms with E-state index < -0.39 is 5.97 Å². The maximum atomic E-state index is 12.5. The molecule has 2 fully saturated rings. The summed E-state index contributed by atoms with van der Waals surface area (Å²) in [4.78, 5) is 12.5. The van der Waals surface area contributed by atoms with Crippen LogP contribution in [0.5, 0.6) is 0 Å². The van der Waals surface area contributed by atoms with Crippen molar-refractivity contribution in [3.8, 4) is 0 Å². The highest BCUT2D eigenvalue weighted by molar-refractivity contribution is 5.71. The second-order valence-electron chi connectivity index (χ2n) is 13.1. The minimum Gasteiger partial charge on any atom is -0.481 e. The van der Waals surface area contributed by atoms with Crippen LogP contribution in [0.2, 0.25) is 0 Å². The van der Waals surface area contributed by atoms with Crippen molar-refractivity contribution in [1.29, 1.82) is 0 Å². The summed E-state index contributed by atoms with van der Waals surface area (Å²) in [6.07, 6.45) is 13.8. The van der Waals surface area contributed by atoms with Crippen molar-refractivity contribution in [2.24, 2.45) is 39.4 Å². The van der Waals surface area contributed by atoms with Gasteiger partial charge in [-0.15, -0.1) is 0 Å². The van der Waals surface area contributed by atoms with Gasteiger partial charge in [-0.05, 0) is 103 Å². The molecule has 34 heavy (non-hydrogen) atoms. The Morgan fingerprint density at radius 3 is 2.47 bits per heavy atom. The molecule has 0 aromatic rings. The van der Waals surface area contributed by atoms with Gasteiger partial charge in [0.05, 0.1) is 18.6 Å². The minimum absolute atomic E-state index is 0.0134. The lowest BCUT2D eigenvalue weighted by Crippen LogP contribution is -2.54. The largest absolute Gasteiger partial charge is 0.481 e. The first-order valence-electron chi connectivity index (χ1n) is 13.4. The standard InChI is InChI=1S/C30H46O4/c1-19(18-31)8-7-9-20(26(33)34)21-12-16-30(6)23-10-11-24-27(2,3)25(32)14-15-28(24,4)22(23)13-17-29(21,30)5/h8,10,13,20-21,24-25,31-32H,7,9,11-12,14-18H2,1-6H3,(H,33,34)/b19-8-/t20-,21-,24+,25+,28-,29-,30+/m1/s1. The van der Waals surface area contributed by atoms with E-state index in [0.717, 1.165) is 44.1 Å². The molecule has 0 aromatic heterocycles. The summed E-state index contributed by atoms with van der Waals surface area (Å²) in [7, 11) is 0. The highest BCUT2D eigenvalue weighted by Crippen LogP contribution is 2.71. The number of carboxylic acids is 1. The van der Waals surface area contributed by atoms with E-state index in [1.54, 1.807) is 0 Å². The Hall–Kier alpha value is -1.39. The monoisotopic (exact) mass is 470 g/mol. The molecule has 4 rings (SSSR count). The number of aliphatic hydroxyl groups is 2. The summed E-state index contributed by atoms with van der Waals surface area (Å²) in [5.74, 6) is -0.460. The number of hydrogen-bond donors (Lipinski definition) is 3. The van der Waals surface area contributed by atoms with Crippen LogP contribution in [0.1, 0.15) is 92.9 Å². The van der Waals surface area contributed by atoms with Crippen LogP contribution in [-0.4, -0.2) is 34.0 Å². The zero-order chi connectivity index (χ0) is 25.1. The maximum absolute atomic E-state index is 12.5. The SMILES string of the molecule is C/C(=C/CC[C@@H](C(=O)O)[C@H]1CC[C@@]2(C)C3=CC[C@H]4C(C)(C)[C@@H](O)CC[C@]4(C)C3=CC[C@]12C)CO. The molecule has 0 bridgehead atoms. The van der Waals surface area contributed by atoms with Crippen LogP contribution in [0.15, 0.2) is 34.9 Å². The fourth-order valence-corrected chi connectivity index (χ4v) is 8.75. The zero-order valence-corrected chi connectivity index (χ0v) is 22.2. The van der Waals surface area contributed by atoms with Gasteiger partial charge in [-0.2, -0.15) is 0 Å². The smallest absolute Gasteiger partial charge is 0.306 e. The Bertz CT molecular complexity index is 926. The molecule has 0 aromatic carbocycles. The Morgan fingerprint density at radius 1 is 1.12 bits per heavy atom. The summed E-state index contributed by atoms with van der Waals surface area (Å²) >= 11 is 0. The Balaban J connectivity index is 1.68. The Morgan fingerprint density at radius 2 is 1.82 bits per heavy atom. The highest BCUT2D eigenvalue weighted by atomic mass is 16.4. The predicted octanol–water partition coefficient (Wildman–Crippen LogP) is 6.29. The van der Waals surface area contributed by atoms with Gasteiger partial charge in [0, 0.05) is 0 Å². The number of carboxylic acid groups (broad SMARTS) is 1. The number of rotatable bonds is 6. The van der Waals surface area contributed by atoms with Gasteiger partial charge in [0.2, 0.25) is 0 Å². The fourth-order valence-electron chi connectivity index (χ4n) is 8.75. The van der Waals surface area contributed by atoms with Crippen molar-refractivity contribution in [1.82, 2.24) is 0 Å². The third-order valence-electron chi connectivity index (χ3n) is 11.3. The average molecular weight is 471 g/mol. The van der Waals surface area contributed by atoms with Crippen LogP contribution in [0.4, 0.5) is 0 Å². The molecular formula is C30H46O4. The summed E-state index contributed by atoms with van der Waals surface area (Å²) in [5.41, 5.74) is 3.77. The second kappa shape index (κ2) is 8.62. The van der Waals surface area contributed by atoms with E-state index in [4.69, 9.17) is 0 Å². The molecule has 0 radical (unpaired) electrons. The number of carbonyl (C=O) groups is 1. The number of fused-ring (bicyclic) bond motifs is 5. The van der Waals surface area contributed by atoms with Crippen molar-refractivity contribution < 1.29 is 20.1 Å². The first-order valence-corrected chi connectivity index (χ1v) is 13.4. The molecule has 2 saturated carbocycles. The molecule has 0 heterocycles. The average Bonchev–Trinajstić information content (AvgIpc) is 3.05. The van der Waals surface area contributed by atoms with Gasteiger partial charge < -0.3 is 15.3 Å². The van der Waals surface area contributed by atoms with Gasteiger partial charge in [-0.3, -0.25) is 4.79 Å². The number of aliphatic carboxylic acids is 1. The van der Waals surface area contributed by atoms with E-state index in [1.807, 2.05) is 13.0 Å². The molecular weight excluding hydrogens is 424 g/mol. The molecule has 0 aliphatic heterocycles. The topological polar surface area (TPSA) is 77.8 Å². The van der Waals surface area contributed by atoms with Gasteiger partial charge in [-0.1, -0.05) is 58.4 Å². The normalized spacial score (nSPS) is 42.1. The van der Waals surface area contributed by atoms with E-state index in [1.165, 1.54) is 11.1 Å². The Kier molecular flexibility index (Phi) is 6.52. The van der Waals surface area contributed by atoms with E-state index in [0.29, 0.717) is 18.8 Å². The van der Waals surface area contributed by atoms with Crippen LogP contribution in [0, 0.1) is 39.4 Å².